The predicted octanol–water partition coefficient (Wildman–Crippen LogP) is -4.98. The Balaban J connectivity index is 1.86. The van der Waals surface area contributed by atoms with Gasteiger partial charge in [-0.05, 0) is 0 Å². The van der Waals surface area contributed by atoms with Crippen molar-refractivity contribution in [2.24, 2.45) is 0 Å². The molecule has 33 heavy (non-hydrogen) atoms. The summed E-state index contributed by atoms with van der Waals surface area (Å²) in [4.78, 5) is 24.0. The molecule has 0 bridgehead atoms. The van der Waals surface area contributed by atoms with Gasteiger partial charge in [-0.15, -0.1) is 0 Å². The third kappa shape index (κ3) is 4.32. The Hall–Kier alpha value is -1.92. The molecule has 4 heterocycles. The standard InChI is InChI=1S/2C6H8O9S.Sn/c2*7-1-2(8)4-3(9)5(6(10)14-4)15-16(11,12)13;/h2*2,4,7-9H,1H2,(H,11,12,13);/q;;+4/p-4/t2-,4+;2-,4-;/m00./s1. The third-order valence-electron chi connectivity index (χ3n) is 4.13. The molecule has 0 aromatic carbocycles. The summed E-state index contributed by atoms with van der Waals surface area (Å²) in [7, 11) is -10.8. The molecular formula is C12H12O18S2Sn. The number of rotatable bonds is 4. The molecular weight excluding hydrogens is 615 g/mol. The monoisotopic (exact) mass is 628 g/mol. The first-order chi connectivity index (χ1) is 15.3. The molecule has 4 N–H and O–H groups in total. The molecule has 4 aliphatic heterocycles. The number of carbonyl (C=O) groups is 2. The number of cyclic esters (lactones) is 2. The fourth-order valence-electron chi connectivity index (χ4n) is 2.82. The summed E-state index contributed by atoms with van der Waals surface area (Å²) in [6.45, 7) is -2.08. The van der Waals surface area contributed by atoms with Crippen LogP contribution in [0, 0.1) is 0 Å². The number of esters is 2. The van der Waals surface area contributed by atoms with Crippen molar-refractivity contribution in [3.8, 4) is 0 Å². The topological polar surface area (TPSA) is 257 Å². The van der Waals surface area contributed by atoms with Gasteiger partial charge >= 0.3 is 189 Å². The second-order valence-electron chi connectivity index (χ2n) is 6.39. The second kappa shape index (κ2) is 8.09. The Morgan fingerprint density at radius 1 is 0.758 bits per heavy atom. The quantitative estimate of drug-likeness (QED) is 0.168. The van der Waals surface area contributed by atoms with Gasteiger partial charge in [0.2, 0.25) is 0 Å². The van der Waals surface area contributed by atoms with Crippen LogP contribution in [-0.4, -0.2) is 107 Å². The van der Waals surface area contributed by atoms with Gasteiger partial charge in [0.25, 0.3) is 0 Å². The Labute approximate surface area is 189 Å². The van der Waals surface area contributed by atoms with Gasteiger partial charge in [0.1, 0.15) is 0 Å². The molecule has 21 heteroatoms. The maximum absolute atomic E-state index is 12.3. The van der Waals surface area contributed by atoms with E-state index in [1.165, 1.54) is 0 Å². The third-order valence-corrected chi connectivity index (χ3v) is 15.4. The summed E-state index contributed by atoms with van der Waals surface area (Å²) in [5, 5.41) is 38.1. The zero-order chi connectivity index (χ0) is 24.3. The minimum atomic E-state index is -6.77. The van der Waals surface area contributed by atoms with Gasteiger partial charge in [0.05, 0.1) is 0 Å². The van der Waals surface area contributed by atoms with Crippen LogP contribution in [0.1, 0.15) is 0 Å². The van der Waals surface area contributed by atoms with Crippen molar-refractivity contribution in [1.29, 1.82) is 0 Å². The van der Waals surface area contributed by atoms with Gasteiger partial charge < -0.3 is 0 Å². The first-order valence-electron chi connectivity index (χ1n) is 8.46. The Kier molecular flexibility index (Phi) is 5.93. The van der Waals surface area contributed by atoms with Crippen molar-refractivity contribution in [3.05, 3.63) is 23.0 Å². The van der Waals surface area contributed by atoms with Gasteiger partial charge in [0, 0.05) is 0 Å². The van der Waals surface area contributed by atoms with E-state index in [1.54, 1.807) is 0 Å². The van der Waals surface area contributed by atoms with E-state index in [1.807, 2.05) is 0 Å². The summed E-state index contributed by atoms with van der Waals surface area (Å²) < 4.78 is 87.1. The average Bonchev–Trinajstić information content (AvgIpc) is 3.07. The molecule has 0 aromatic rings. The van der Waals surface area contributed by atoms with Gasteiger partial charge in [-0.1, -0.05) is 0 Å². The predicted molar refractivity (Wildman–Crippen MR) is 90.1 cm³/mol. The molecule has 0 aliphatic carbocycles. The molecule has 0 fully saturated rings. The molecule has 4 aliphatic rings. The van der Waals surface area contributed by atoms with Crippen LogP contribution in [0.4, 0.5) is 0 Å². The summed E-state index contributed by atoms with van der Waals surface area (Å²) in [6.07, 6.45) is -7.67. The van der Waals surface area contributed by atoms with Crippen molar-refractivity contribution < 1.29 is 75.9 Å². The number of carbonyl (C=O) groups excluding carboxylic acids is 2. The second-order valence-corrected chi connectivity index (χ2v) is 15.6. The summed E-state index contributed by atoms with van der Waals surface area (Å²) in [6, 6.07) is 0. The SMILES string of the molecule is O=C1O[C@@H]([C@@H](O)CO)C2=C1OS(=O)(=O)[O][Sn]1([O]2)[O]C2=C(OS(=O)(=O)[O]1)C(=O)O[C@@H]2[C@@H](O)CO. The molecule has 0 saturated carbocycles. The van der Waals surface area contributed by atoms with Crippen molar-refractivity contribution in [1.82, 2.24) is 0 Å². The van der Waals surface area contributed by atoms with E-state index in [4.69, 9.17) is 25.8 Å². The number of aliphatic hydroxyl groups excluding tert-OH is 4. The molecule has 0 radical (unpaired) electrons. The van der Waals surface area contributed by atoms with E-state index in [2.05, 4.69) is 13.4 Å². The fraction of sp³-hybridized carbons (Fsp3) is 0.500. The number of ether oxygens (including phenoxy) is 2. The van der Waals surface area contributed by atoms with Gasteiger partial charge in [0.15, 0.2) is 0 Å². The van der Waals surface area contributed by atoms with Crippen LogP contribution in [0.5, 0.6) is 0 Å². The zero-order valence-electron chi connectivity index (χ0n) is 15.5. The van der Waals surface area contributed by atoms with E-state index in [-0.39, 0.29) is 0 Å². The van der Waals surface area contributed by atoms with E-state index in [0.29, 0.717) is 0 Å². The van der Waals surface area contributed by atoms with Crippen molar-refractivity contribution >= 4 is 52.8 Å². The van der Waals surface area contributed by atoms with Crippen molar-refractivity contribution in [2.45, 2.75) is 24.4 Å². The number of hydrogen-bond donors (Lipinski definition) is 4. The van der Waals surface area contributed by atoms with Crippen LogP contribution in [0.25, 0.3) is 0 Å². The number of aliphatic hydroxyl groups is 4. The Morgan fingerprint density at radius 3 is 1.45 bits per heavy atom. The summed E-state index contributed by atoms with van der Waals surface area (Å²) in [5.41, 5.74) is 0. The summed E-state index contributed by atoms with van der Waals surface area (Å²) >= 11 is -6.77. The van der Waals surface area contributed by atoms with Gasteiger partial charge in [-0.25, -0.2) is 0 Å². The molecule has 18 nitrogen and oxygen atoms in total. The van der Waals surface area contributed by atoms with Gasteiger partial charge in [-0.2, -0.15) is 0 Å². The van der Waals surface area contributed by atoms with Crippen LogP contribution in [0.15, 0.2) is 23.0 Å². The molecule has 0 amide bonds. The van der Waals surface area contributed by atoms with Crippen molar-refractivity contribution in [2.75, 3.05) is 13.2 Å². The minimum absolute atomic E-state index is 0.970. The maximum atomic E-state index is 12.3. The van der Waals surface area contributed by atoms with E-state index >= 15 is 0 Å². The van der Waals surface area contributed by atoms with E-state index < -0.39 is 113 Å². The van der Waals surface area contributed by atoms with Crippen LogP contribution in [-0.2, 0) is 59.4 Å². The van der Waals surface area contributed by atoms with Crippen LogP contribution < -0.4 is 0 Å². The average molecular weight is 627 g/mol. The van der Waals surface area contributed by atoms with E-state index in [9.17, 15) is 36.6 Å². The Bertz CT molecular complexity index is 1080. The first kappa shape index (κ1) is 24.2. The Morgan fingerprint density at radius 2 is 1.12 bits per heavy atom. The summed E-state index contributed by atoms with van der Waals surface area (Å²) in [5.74, 6) is -7.34. The van der Waals surface area contributed by atoms with Crippen LogP contribution in [0.3, 0.4) is 0 Å². The molecule has 0 aromatic heterocycles. The zero-order valence-corrected chi connectivity index (χ0v) is 20.0. The fourth-order valence-corrected chi connectivity index (χ4v) is 13.9. The normalized spacial score (nSPS) is 33.8. The van der Waals surface area contributed by atoms with Gasteiger partial charge in [-0.3, -0.25) is 0 Å². The molecule has 1 unspecified atom stereocenters. The molecule has 5 atom stereocenters. The van der Waals surface area contributed by atoms with Crippen molar-refractivity contribution in [3.63, 3.8) is 0 Å². The molecule has 4 rings (SSSR count). The van der Waals surface area contributed by atoms with Crippen LogP contribution >= 0.6 is 0 Å². The van der Waals surface area contributed by atoms with E-state index in [0.717, 1.165) is 0 Å². The molecule has 0 saturated heterocycles. The first-order valence-corrected chi connectivity index (χ1v) is 15.8. The molecule has 184 valence electrons. The molecule has 1 spiro atoms. The number of hydrogen-bond acceptors (Lipinski definition) is 18. The van der Waals surface area contributed by atoms with Crippen LogP contribution in [0.2, 0.25) is 0 Å².